The summed E-state index contributed by atoms with van der Waals surface area (Å²) < 4.78 is 9.59. The number of aliphatic imine (C=N–C) groups is 2. The van der Waals surface area contributed by atoms with Gasteiger partial charge < -0.3 is 8.98 Å². The summed E-state index contributed by atoms with van der Waals surface area (Å²) in [6.07, 6.45) is 0.835. The van der Waals surface area contributed by atoms with E-state index in [2.05, 4.69) is 230 Å². The summed E-state index contributed by atoms with van der Waals surface area (Å²) in [5.74, 6) is 0.695. The predicted octanol–water partition coefficient (Wildman–Crippen LogP) is 16.3. The van der Waals surface area contributed by atoms with Gasteiger partial charge in [-0.1, -0.05) is 183 Å². The zero-order valence-electron chi connectivity index (χ0n) is 36.4. The van der Waals surface area contributed by atoms with E-state index in [9.17, 15) is 0 Å². The van der Waals surface area contributed by atoms with Gasteiger partial charge in [0.15, 0.2) is 5.84 Å². The Kier molecular flexibility index (Phi) is 8.92. The molecule has 13 rings (SSSR count). The van der Waals surface area contributed by atoms with Crippen molar-refractivity contribution in [1.29, 1.82) is 0 Å². The second kappa shape index (κ2) is 15.4. The molecular formula is C62H43N3O. The maximum Gasteiger partial charge on any atom is 0.155 e. The largest absolute Gasteiger partial charge is 0.455 e. The maximum absolute atomic E-state index is 7.12. The Morgan fingerprint density at radius 3 is 1.88 bits per heavy atom. The molecule has 1 aliphatic heterocycles. The number of furan rings is 1. The van der Waals surface area contributed by atoms with Crippen LogP contribution in [0.1, 0.15) is 36.1 Å². The van der Waals surface area contributed by atoms with Crippen LogP contribution >= 0.6 is 0 Å². The Bertz CT molecular complexity index is 3910. The molecule has 0 N–H and O–H groups in total. The van der Waals surface area contributed by atoms with E-state index in [0.717, 1.165) is 84.4 Å². The minimum absolute atomic E-state index is 0.0261. The predicted molar refractivity (Wildman–Crippen MR) is 276 cm³/mol. The smallest absolute Gasteiger partial charge is 0.155 e. The molecule has 3 heterocycles. The fourth-order valence-corrected chi connectivity index (χ4v) is 10.6. The molecule has 312 valence electrons. The molecule has 66 heavy (non-hydrogen) atoms. The quantitative estimate of drug-likeness (QED) is 0.158. The Hall–Kier alpha value is -8.34. The third kappa shape index (κ3) is 6.13. The van der Waals surface area contributed by atoms with Gasteiger partial charge in [-0.2, -0.15) is 0 Å². The molecule has 0 fully saturated rings. The molecular weight excluding hydrogens is 803 g/mol. The summed E-state index contributed by atoms with van der Waals surface area (Å²) in [6.45, 7) is 2.26. The Balaban J connectivity index is 1.06. The average molecular weight is 846 g/mol. The second-order valence-electron chi connectivity index (χ2n) is 17.5. The molecule has 0 saturated heterocycles. The zero-order valence-corrected chi connectivity index (χ0v) is 36.4. The summed E-state index contributed by atoms with van der Waals surface area (Å²) in [5.41, 5.74) is 13.9. The second-order valence-corrected chi connectivity index (χ2v) is 17.5. The van der Waals surface area contributed by atoms with E-state index in [1.807, 2.05) is 0 Å². The van der Waals surface area contributed by atoms with Crippen molar-refractivity contribution < 1.29 is 4.42 Å². The summed E-state index contributed by atoms with van der Waals surface area (Å²) in [6, 6.07) is 78.4. The van der Waals surface area contributed by atoms with Crippen molar-refractivity contribution in [3.8, 4) is 27.9 Å². The van der Waals surface area contributed by atoms with Gasteiger partial charge in [-0.15, -0.1) is 0 Å². The van der Waals surface area contributed by atoms with Crippen LogP contribution in [-0.4, -0.2) is 16.1 Å². The lowest BCUT2D eigenvalue weighted by Crippen LogP contribution is -2.28. The highest BCUT2D eigenvalue weighted by atomic mass is 16.3. The van der Waals surface area contributed by atoms with Crippen LogP contribution < -0.4 is 0 Å². The lowest BCUT2D eigenvalue weighted by atomic mass is 9.82. The first-order chi connectivity index (χ1) is 32.7. The molecule has 0 amide bonds. The van der Waals surface area contributed by atoms with E-state index < -0.39 is 0 Å². The van der Waals surface area contributed by atoms with E-state index in [1.54, 1.807) is 0 Å². The van der Waals surface area contributed by atoms with Gasteiger partial charge in [-0.05, 0) is 98.2 Å². The van der Waals surface area contributed by atoms with Crippen LogP contribution in [0.25, 0.3) is 93.2 Å². The molecule has 2 atom stereocenters. The molecule has 0 saturated carbocycles. The van der Waals surface area contributed by atoms with E-state index >= 15 is 0 Å². The Morgan fingerprint density at radius 2 is 1.11 bits per heavy atom. The topological polar surface area (TPSA) is 42.8 Å². The third-order valence-corrected chi connectivity index (χ3v) is 13.8. The molecule has 2 unspecified atom stereocenters. The maximum atomic E-state index is 7.12. The Labute approximate surface area is 382 Å². The highest BCUT2D eigenvalue weighted by molar-refractivity contribution is 6.26. The first kappa shape index (κ1) is 38.1. The van der Waals surface area contributed by atoms with Gasteiger partial charge in [0.1, 0.15) is 11.2 Å². The molecule has 2 aromatic heterocycles. The van der Waals surface area contributed by atoms with Crippen molar-refractivity contribution >= 4 is 76.8 Å². The van der Waals surface area contributed by atoms with Crippen LogP contribution in [0.4, 0.5) is 0 Å². The van der Waals surface area contributed by atoms with Gasteiger partial charge in [0.25, 0.3) is 0 Å². The van der Waals surface area contributed by atoms with Crippen LogP contribution in [0.2, 0.25) is 0 Å². The highest BCUT2D eigenvalue weighted by Gasteiger charge is 2.34. The molecule has 10 aromatic carbocycles. The average Bonchev–Trinajstić information content (AvgIpc) is 3.94. The molecule has 0 radical (unpaired) electrons. The number of benzene rings is 10. The van der Waals surface area contributed by atoms with E-state index in [0.29, 0.717) is 0 Å². The zero-order chi connectivity index (χ0) is 43.7. The third-order valence-electron chi connectivity index (χ3n) is 13.8. The van der Waals surface area contributed by atoms with Crippen LogP contribution in [-0.2, 0) is 0 Å². The van der Waals surface area contributed by atoms with Crippen LogP contribution in [0.3, 0.4) is 0 Å². The summed E-state index contributed by atoms with van der Waals surface area (Å²) >= 11 is 0. The van der Waals surface area contributed by atoms with E-state index in [-0.39, 0.29) is 12.0 Å². The van der Waals surface area contributed by atoms with Gasteiger partial charge >= 0.3 is 0 Å². The molecule has 0 bridgehead atoms. The van der Waals surface area contributed by atoms with Crippen LogP contribution in [0, 0.1) is 5.92 Å². The minimum atomic E-state index is -0.180. The standard InChI is InChI=1S/C62H43N3O/c1-2-48-59(43-30-28-41(29-31-43)39-16-5-3-6-17-39)63-62(47-24-15-23-44(36-47)40-18-7-4-8-19-40)64-60(48)51-33-35-54(58-50-26-13-14-27-56(50)66-61(51)58)65-53-34-32-42-20-11-12-25-49(42)57(53)52-37-45-21-9-10-22-46(45)38-55(52)65/h3-38,48,59H,2H2,1H3. The van der Waals surface area contributed by atoms with Gasteiger partial charge in [0, 0.05) is 33.2 Å². The van der Waals surface area contributed by atoms with Crippen molar-refractivity contribution in [1.82, 2.24) is 4.57 Å². The van der Waals surface area contributed by atoms with Crippen LogP contribution in [0.15, 0.2) is 233 Å². The van der Waals surface area contributed by atoms with Crippen molar-refractivity contribution in [2.75, 3.05) is 0 Å². The summed E-state index contributed by atoms with van der Waals surface area (Å²) in [7, 11) is 0. The number of hydrogen-bond donors (Lipinski definition) is 0. The van der Waals surface area contributed by atoms with Crippen LogP contribution in [0.5, 0.6) is 0 Å². The van der Waals surface area contributed by atoms with Crippen molar-refractivity contribution in [2.24, 2.45) is 15.9 Å². The van der Waals surface area contributed by atoms with Gasteiger partial charge in [0.2, 0.25) is 0 Å². The minimum Gasteiger partial charge on any atom is -0.455 e. The number of amidine groups is 1. The Morgan fingerprint density at radius 1 is 0.470 bits per heavy atom. The fraction of sp³-hybridized carbons (Fsp3) is 0.0645. The van der Waals surface area contributed by atoms with Gasteiger partial charge in [0.05, 0.1) is 33.9 Å². The van der Waals surface area contributed by atoms with E-state index in [4.69, 9.17) is 14.4 Å². The summed E-state index contributed by atoms with van der Waals surface area (Å²) in [4.78, 5) is 11.2. The molecule has 0 spiro atoms. The number of fused-ring (bicyclic) bond motifs is 9. The van der Waals surface area contributed by atoms with Crippen molar-refractivity contribution in [3.63, 3.8) is 0 Å². The molecule has 1 aliphatic rings. The van der Waals surface area contributed by atoms with Crippen molar-refractivity contribution in [2.45, 2.75) is 19.4 Å². The van der Waals surface area contributed by atoms with E-state index in [1.165, 1.54) is 43.4 Å². The molecule has 0 aliphatic carbocycles. The fourth-order valence-electron chi connectivity index (χ4n) is 10.6. The monoisotopic (exact) mass is 845 g/mol. The normalized spacial score (nSPS) is 15.3. The molecule has 4 nitrogen and oxygen atoms in total. The first-order valence-electron chi connectivity index (χ1n) is 23.0. The van der Waals surface area contributed by atoms with Gasteiger partial charge in [-0.25, -0.2) is 4.99 Å². The number of nitrogens with zero attached hydrogens (tertiary/aromatic N) is 3. The SMILES string of the molecule is CCC1C(c2ccc(-n3c4cc5ccccc5cc4c4c5ccccc5ccc43)c3c2oc2ccccc23)=NC(c2cccc(-c3ccccc3)c2)=NC1c1ccc(-c2ccccc2)cc1. The lowest BCUT2D eigenvalue weighted by Gasteiger charge is -2.30. The molecule has 12 aromatic rings. The van der Waals surface area contributed by atoms with Gasteiger partial charge in [-0.3, -0.25) is 4.99 Å². The highest BCUT2D eigenvalue weighted by Crippen LogP contribution is 2.45. The lowest BCUT2D eigenvalue weighted by molar-refractivity contribution is 0.532. The number of para-hydroxylation sites is 1. The number of rotatable bonds is 7. The summed E-state index contributed by atoms with van der Waals surface area (Å²) in [5, 5.41) is 9.52. The molecule has 4 heteroatoms. The number of hydrogen-bond acceptors (Lipinski definition) is 3. The van der Waals surface area contributed by atoms with Crippen molar-refractivity contribution in [3.05, 3.63) is 235 Å². The first-order valence-corrected chi connectivity index (χ1v) is 23.0. The number of aromatic nitrogens is 1.